The van der Waals surface area contributed by atoms with Crippen LogP contribution in [0.5, 0.6) is 0 Å². The smallest absolute Gasteiger partial charge is 0.223 e. The number of nitrogens with one attached hydrogen (secondary N) is 1. The second-order valence-electron chi connectivity index (χ2n) is 5.58. The molecule has 0 aromatic carbocycles. The molecule has 2 aliphatic rings. The zero-order valence-electron chi connectivity index (χ0n) is 9.96. The Hall–Kier alpha value is -0.530. The van der Waals surface area contributed by atoms with Crippen LogP contribution in [-0.4, -0.2) is 11.9 Å². The molecule has 2 atom stereocenters. The maximum atomic E-state index is 11.7. The van der Waals surface area contributed by atoms with Gasteiger partial charge in [-0.05, 0) is 37.5 Å². The molecule has 2 unspecified atom stereocenters. The first-order valence-electron chi connectivity index (χ1n) is 6.49. The molecular formula is C13H23NO. The van der Waals surface area contributed by atoms with Crippen molar-refractivity contribution in [2.45, 2.75) is 58.4 Å². The molecule has 0 aromatic heterocycles. The van der Waals surface area contributed by atoms with Crippen molar-refractivity contribution >= 4 is 5.91 Å². The number of hydrogen-bond acceptors (Lipinski definition) is 1. The van der Waals surface area contributed by atoms with Crippen molar-refractivity contribution in [2.24, 2.45) is 17.8 Å². The van der Waals surface area contributed by atoms with E-state index in [9.17, 15) is 4.79 Å². The fraction of sp³-hybridized carbons (Fsp3) is 0.923. The molecule has 2 aliphatic carbocycles. The van der Waals surface area contributed by atoms with Crippen molar-refractivity contribution in [3.8, 4) is 0 Å². The third-order valence-electron chi connectivity index (χ3n) is 3.95. The van der Waals surface area contributed by atoms with Crippen LogP contribution >= 0.6 is 0 Å². The largest absolute Gasteiger partial charge is 0.353 e. The molecule has 1 amide bonds. The molecular weight excluding hydrogens is 186 g/mol. The Morgan fingerprint density at radius 3 is 2.40 bits per heavy atom. The minimum absolute atomic E-state index is 0.326. The molecule has 0 spiro atoms. The quantitative estimate of drug-likeness (QED) is 0.761. The predicted octanol–water partition coefficient (Wildman–Crippen LogP) is 2.73. The maximum Gasteiger partial charge on any atom is 0.223 e. The Morgan fingerprint density at radius 2 is 1.80 bits per heavy atom. The van der Waals surface area contributed by atoms with E-state index in [1.807, 2.05) is 0 Å². The fourth-order valence-corrected chi connectivity index (χ4v) is 2.78. The van der Waals surface area contributed by atoms with E-state index in [4.69, 9.17) is 0 Å². The van der Waals surface area contributed by atoms with E-state index in [0.717, 1.165) is 12.8 Å². The Morgan fingerprint density at radius 1 is 1.13 bits per heavy atom. The zero-order chi connectivity index (χ0) is 10.8. The zero-order valence-corrected chi connectivity index (χ0v) is 9.96. The first-order valence-corrected chi connectivity index (χ1v) is 6.49. The van der Waals surface area contributed by atoms with Gasteiger partial charge in [0.25, 0.3) is 0 Å². The lowest BCUT2D eigenvalue weighted by Crippen LogP contribution is -2.44. The maximum absolute atomic E-state index is 11.7. The molecule has 15 heavy (non-hydrogen) atoms. The van der Waals surface area contributed by atoms with Gasteiger partial charge >= 0.3 is 0 Å². The van der Waals surface area contributed by atoms with Crippen LogP contribution in [-0.2, 0) is 4.79 Å². The Kier molecular flexibility index (Phi) is 3.32. The van der Waals surface area contributed by atoms with E-state index in [0.29, 0.717) is 29.7 Å². The van der Waals surface area contributed by atoms with E-state index >= 15 is 0 Å². The van der Waals surface area contributed by atoms with Crippen molar-refractivity contribution in [3.05, 3.63) is 0 Å². The van der Waals surface area contributed by atoms with Crippen molar-refractivity contribution in [1.82, 2.24) is 5.32 Å². The molecule has 1 N–H and O–H groups in total. The summed E-state index contributed by atoms with van der Waals surface area (Å²) in [6, 6.07) is 0.465. The highest BCUT2D eigenvalue weighted by molar-refractivity contribution is 5.81. The summed E-state index contributed by atoms with van der Waals surface area (Å²) in [5.74, 6) is 2.10. The van der Waals surface area contributed by atoms with Gasteiger partial charge in [-0.25, -0.2) is 0 Å². The average molecular weight is 209 g/mol. The van der Waals surface area contributed by atoms with E-state index < -0.39 is 0 Å². The first-order chi connectivity index (χ1) is 7.18. The first kappa shape index (κ1) is 11.0. The van der Waals surface area contributed by atoms with Crippen molar-refractivity contribution in [1.29, 1.82) is 0 Å². The normalized spacial score (nSPS) is 31.7. The van der Waals surface area contributed by atoms with Crippen molar-refractivity contribution in [2.75, 3.05) is 0 Å². The van der Waals surface area contributed by atoms with Crippen molar-refractivity contribution in [3.63, 3.8) is 0 Å². The number of amides is 1. The highest BCUT2D eigenvalue weighted by Crippen LogP contribution is 2.33. The molecule has 2 rings (SSSR count). The topological polar surface area (TPSA) is 29.1 Å². The summed E-state index contributed by atoms with van der Waals surface area (Å²) in [6.45, 7) is 4.57. The summed E-state index contributed by atoms with van der Waals surface area (Å²) in [5, 5.41) is 3.27. The van der Waals surface area contributed by atoms with E-state index in [1.165, 1.54) is 25.7 Å². The summed E-state index contributed by atoms with van der Waals surface area (Å²) in [7, 11) is 0. The van der Waals surface area contributed by atoms with Gasteiger partial charge < -0.3 is 5.32 Å². The van der Waals surface area contributed by atoms with Crippen LogP contribution in [0.2, 0.25) is 0 Å². The van der Waals surface area contributed by atoms with E-state index in [1.54, 1.807) is 0 Å². The molecule has 0 radical (unpaired) electrons. The monoisotopic (exact) mass is 209 g/mol. The molecule has 0 aromatic rings. The number of carbonyl (C=O) groups excluding carboxylic acids is 1. The summed E-state index contributed by atoms with van der Waals surface area (Å²) < 4.78 is 0. The molecule has 2 saturated carbocycles. The molecule has 2 fully saturated rings. The number of carbonyl (C=O) groups is 1. The second-order valence-corrected chi connectivity index (χ2v) is 5.58. The van der Waals surface area contributed by atoms with Gasteiger partial charge in [-0.2, -0.15) is 0 Å². The van der Waals surface area contributed by atoms with Crippen molar-refractivity contribution < 1.29 is 4.79 Å². The van der Waals surface area contributed by atoms with Gasteiger partial charge in [-0.15, -0.1) is 0 Å². The summed E-state index contributed by atoms with van der Waals surface area (Å²) in [4.78, 5) is 11.7. The third-order valence-corrected chi connectivity index (χ3v) is 3.95. The SMILES string of the molecule is CC(C)C1CCCCC1NC(=O)C1CC1. The third kappa shape index (κ3) is 2.73. The minimum atomic E-state index is 0.326. The predicted molar refractivity (Wildman–Crippen MR) is 61.5 cm³/mol. The van der Waals surface area contributed by atoms with Crippen LogP contribution in [0.25, 0.3) is 0 Å². The van der Waals surface area contributed by atoms with Crippen LogP contribution in [0.4, 0.5) is 0 Å². The van der Waals surface area contributed by atoms with E-state index in [-0.39, 0.29) is 0 Å². The standard InChI is InChI=1S/C13H23NO/c1-9(2)11-5-3-4-6-12(11)14-13(15)10-7-8-10/h9-12H,3-8H2,1-2H3,(H,14,15). The van der Waals surface area contributed by atoms with Crippen LogP contribution in [0.1, 0.15) is 52.4 Å². The summed E-state index contributed by atoms with van der Waals surface area (Å²) >= 11 is 0. The Bertz CT molecular complexity index is 233. The lowest BCUT2D eigenvalue weighted by atomic mass is 9.78. The molecule has 0 aliphatic heterocycles. The van der Waals surface area contributed by atoms with Crippen LogP contribution in [0, 0.1) is 17.8 Å². The molecule has 0 bridgehead atoms. The van der Waals surface area contributed by atoms with Gasteiger partial charge in [0.05, 0.1) is 0 Å². The van der Waals surface area contributed by atoms with Crippen LogP contribution in [0.3, 0.4) is 0 Å². The van der Waals surface area contributed by atoms with Gasteiger partial charge in [0.2, 0.25) is 5.91 Å². The molecule has 86 valence electrons. The lowest BCUT2D eigenvalue weighted by Gasteiger charge is -2.35. The van der Waals surface area contributed by atoms with Gasteiger partial charge in [0, 0.05) is 12.0 Å². The Balaban J connectivity index is 1.88. The molecule has 2 nitrogen and oxygen atoms in total. The molecule has 0 saturated heterocycles. The highest BCUT2D eigenvalue weighted by Gasteiger charge is 2.34. The average Bonchev–Trinajstić information content (AvgIpc) is 3.01. The van der Waals surface area contributed by atoms with E-state index in [2.05, 4.69) is 19.2 Å². The van der Waals surface area contributed by atoms with Gasteiger partial charge in [0.15, 0.2) is 0 Å². The highest BCUT2D eigenvalue weighted by atomic mass is 16.2. The van der Waals surface area contributed by atoms with Gasteiger partial charge in [-0.3, -0.25) is 4.79 Å². The lowest BCUT2D eigenvalue weighted by molar-refractivity contribution is -0.123. The second kappa shape index (κ2) is 4.54. The number of rotatable bonds is 3. The molecule has 0 heterocycles. The summed E-state index contributed by atoms with van der Waals surface area (Å²) in [6.07, 6.45) is 7.36. The molecule has 2 heteroatoms. The fourth-order valence-electron chi connectivity index (χ4n) is 2.78. The Labute approximate surface area is 92.8 Å². The van der Waals surface area contributed by atoms with Crippen LogP contribution < -0.4 is 5.32 Å². The number of hydrogen-bond donors (Lipinski definition) is 1. The summed E-state index contributed by atoms with van der Waals surface area (Å²) in [5.41, 5.74) is 0. The minimum Gasteiger partial charge on any atom is -0.353 e. The van der Waals surface area contributed by atoms with Crippen LogP contribution in [0.15, 0.2) is 0 Å². The van der Waals surface area contributed by atoms with Gasteiger partial charge in [0.1, 0.15) is 0 Å². The van der Waals surface area contributed by atoms with Gasteiger partial charge in [-0.1, -0.05) is 26.7 Å².